The molecule has 0 spiro atoms. The molecule has 0 aliphatic carbocycles. The van der Waals surface area contributed by atoms with Crippen LogP contribution in [0.1, 0.15) is 18.5 Å². The highest BCUT2D eigenvalue weighted by Gasteiger charge is 2.27. The lowest BCUT2D eigenvalue weighted by atomic mass is 9.97. The molecule has 1 atom stereocenters. The van der Waals surface area contributed by atoms with Gasteiger partial charge in [0.1, 0.15) is 11.3 Å². The molecule has 3 aromatic rings. The summed E-state index contributed by atoms with van der Waals surface area (Å²) in [5.41, 5.74) is 0.987. The van der Waals surface area contributed by atoms with Gasteiger partial charge in [-0.2, -0.15) is 5.10 Å². The lowest BCUT2D eigenvalue weighted by molar-refractivity contribution is -0.120. The van der Waals surface area contributed by atoms with Crippen molar-refractivity contribution in [2.24, 2.45) is 5.92 Å². The molecule has 1 saturated heterocycles. The normalized spacial score (nSPS) is 17.1. The van der Waals surface area contributed by atoms with E-state index in [0.29, 0.717) is 12.1 Å². The van der Waals surface area contributed by atoms with Gasteiger partial charge < -0.3 is 14.6 Å². The number of fused-ring (bicyclic) bond motifs is 1. The standard InChI is InChI=1S/C20H20N4O3/c1-13-8-9-18(23-22-13)24-10-4-6-15(12-24)19(25)21-16-11-14-5-2-3-7-17(14)27-20(16)26/h2-3,5,7-9,11,15H,4,6,10,12H2,1H3,(H,21,25). The molecule has 1 unspecified atom stereocenters. The van der Waals surface area contributed by atoms with Gasteiger partial charge in [0.2, 0.25) is 5.91 Å². The molecule has 0 saturated carbocycles. The molecule has 7 nitrogen and oxygen atoms in total. The van der Waals surface area contributed by atoms with Crippen LogP contribution in [0.5, 0.6) is 0 Å². The van der Waals surface area contributed by atoms with Gasteiger partial charge in [-0.05, 0) is 44.0 Å². The summed E-state index contributed by atoms with van der Waals surface area (Å²) in [6, 6.07) is 12.7. The summed E-state index contributed by atoms with van der Waals surface area (Å²) >= 11 is 0. The minimum Gasteiger partial charge on any atom is -0.421 e. The molecular weight excluding hydrogens is 344 g/mol. The Hall–Kier alpha value is -3.22. The smallest absolute Gasteiger partial charge is 0.360 e. The van der Waals surface area contributed by atoms with Crippen molar-refractivity contribution in [2.75, 3.05) is 23.3 Å². The van der Waals surface area contributed by atoms with E-state index in [9.17, 15) is 9.59 Å². The largest absolute Gasteiger partial charge is 0.421 e. The van der Waals surface area contributed by atoms with E-state index < -0.39 is 5.63 Å². The summed E-state index contributed by atoms with van der Waals surface area (Å²) in [6.07, 6.45) is 1.64. The molecule has 1 amide bonds. The molecule has 2 aromatic heterocycles. The molecule has 3 heterocycles. The van der Waals surface area contributed by atoms with Gasteiger partial charge >= 0.3 is 5.63 Å². The highest BCUT2D eigenvalue weighted by molar-refractivity contribution is 5.94. The molecule has 0 bridgehead atoms. The average molecular weight is 364 g/mol. The summed E-state index contributed by atoms with van der Waals surface area (Å²) in [4.78, 5) is 27.0. The monoisotopic (exact) mass is 364 g/mol. The Balaban J connectivity index is 1.50. The van der Waals surface area contributed by atoms with E-state index in [0.717, 1.165) is 36.3 Å². The molecule has 138 valence electrons. The third kappa shape index (κ3) is 3.67. The van der Waals surface area contributed by atoms with Crippen LogP contribution in [-0.4, -0.2) is 29.2 Å². The van der Waals surface area contributed by atoms with Crippen molar-refractivity contribution in [1.29, 1.82) is 0 Å². The zero-order valence-electron chi connectivity index (χ0n) is 15.0. The molecule has 0 radical (unpaired) electrons. The van der Waals surface area contributed by atoms with Crippen molar-refractivity contribution in [2.45, 2.75) is 19.8 Å². The number of piperidine rings is 1. The van der Waals surface area contributed by atoms with E-state index in [-0.39, 0.29) is 17.5 Å². The Kier molecular flexibility index (Phi) is 4.58. The topological polar surface area (TPSA) is 88.3 Å². The van der Waals surface area contributed by atoms with Crippen LogP contribution in [-0.2, 0) is 4.79 Å². The van der Waals surface area contributed by atoms with Crippen LogP contribution in [0, 0.1) is 12.8 Å². The van der Waals surface area contributed by atoms with Gasteiger partial charge in [-0.25, -0.2) is 4.79 Å². The number of para-hydroxylation sites is 1. The Morgan fingerprint density at radius 1 is 1.22 bits per heavy atom. The van der Waals surface area contributed by atoms with E-state index in [2.05, 4.69) is 20.4 Å². The van der Waals surface area contributed by atoms with Gasteiger partial charge in [-0.1, -0.05) is 18.2 Å². The van der Waals surface area contributed by atoms with Gasteiger partial charge in [-0.3, -0.25) is 4.79 Å². The molecule has 1 aliphatic heterocycles. The Labute approximate surface area is 156 Å². The van der Waals surface area contributed by atoms with E-state index in [1.54, 1.807) is 18.2 Å². The van der Waals surface area contributed by atoms with Crippen molar-refractivity contribution in [1.82, 2.24) is 10.2 Å². The summed E-state index contributed by atoms with van der Waals surface area (Å²) < 4.78 is 5.28. The number of nitrogens with zero attached hydrogens (tertiary/aromatic N) is 3. The first kappa shape index (κ1) is 17.2. The van der Waals surface area contributed by atoms with Gasteiger partial charge in [0.05, 0.1) is 11.6 Å². The lowest BCUT2D eigenvalue weighted by Gasteiger charge is -2.32. The number of benzene rings is 1. The number of amides is 1. The maximum atomic E-state index is 12.7. The van der Waals surface area contributed by atoms with Crippen LogP contribution in [0.25, 0.3) is 11.0 Å². The molecular formula is C20H20N4O3. The SMILES string of the molecule is Cc1ccc(N2CCCC(C(=O)Nc3cc4ccccc4oc3=O)C2)nn1. The molecule has 7 heteroatoms. The van der Waals surface area contributed by atoms with Gasteiger partial charge in [0.15, 0.2) is 5.82 Å². The summed E-state index contributed by atoms with van der Waals surface area (Å²) in [6.45, 7) is 3.26. The number of rotatable bonds is 3. The van der Waals surface area contributed by atoms with Crippen LogP contribution in [0.2, 0.25) is 0 Å². The molecule has 4 rings (SSSR count). The fourth-order valence-corrected chi connectivity index (χ4v) is 3.34. The quantitative estimate of drug-likeness (QED) is 0.719. The zero-order valence-corrected chi connectivity index (χ0v) is 15.0. The third-order valence-electron chi connectivity index (χ3n) is 4.80. The predicted octanol–water partition coefficient (Wildman–Crippen LogP) is 2.75. The Morgan fingerprint density at radius 3 is 2.89 bits per heavy atom. The molecule has 1 aromatic carbocycles. The van der Waals surface area contributed by atoms with Crippen LogP contribution in [0.15, 0.2) is 51.7 Å². The maximum Gasteiger partial charge on any atom is 0.360 e. The van der Waals surface area contributed by atoms with Crippen LogP contribution >= 0.6 is 0 Å². The average Bonchev–Trinajstić information content (AvgIpc) is 2.69. The van der Waals surface area contributed by atoms with Crippen molar-refractivity contribution in [3.63, 3.8) is 0 Å². The number of hydrogen-bond donors (Lipinski definition) is 1. The first-order chi connectivity index (χ1) is 13.1. The minimum atomic E-state index is -0.542. The van der Waals surface area contributed by atoms with Gasteiger partial charge in [-0.15, -0.1) is 5.10 Å². The van der Waals surface area contributed by atoms with E-state index in [1.807, 2.05) is 31.2 Å². The summed E-state index contributed by atoms with van der Waals surface area (Å²) in [5.74, 6) is 0.360. The molecule has 1 N–H and O–H groups in total. The van der Waals surface area contributed by atoms with E-state index in [1.165, 1.54) is 0 Å². The van der Waals surface area contributed by atoms with Crippen LogP contribution in [0.3, 0.4) is 0 Å². The van der Waals surface area contributed by atoms with Crippen molar-refractivity contribution in [3.05, 3.63) is 58.6 Å². The number of aryl methyl sites for hydroxylation is 1. The minimum absolute atomic E-state index is 0.172. The molecule has 1 fully saturated rings. The maximum absolute atomic E-state index is 12.7. The Morgan fingerprint density at radius 2 is 2.07 bits per heavy atom. The fourth-order valence-electron chi connectivity index (χ4n) is 3.34. The van der Waals surface area contributed by atoms with E-state index >= 15 is 0 Å². The predicted molar refractivity (Wildman–Crippen MR) is 103 cm³/mol. The highest BCUT2D eigenvalue weighted by Crippen LogP contribution is 2.23. The molecule has 1 aliphatic rings. The fraction of sp³-hybridized carbons (Fsp3) is 0.300. The number of aromatic nitrogens is 2. The number of hydrogen-bond acceptors (Lipinski definition) is 6. The Bertz CT molecular complexity index is 1030. The zero-order chi connectivity index (χ0) is 18.8. The number of carbonyl (C=O) groups excluding carboxylic acids is 1. The van der Waals surface area contributed by atoms with Crippen LogP contribution in [0.4, 0.5) is 11.5 Å². The second kappa shape index (κ2) is 7.19. The summed E-state index contributed by atoms with van der Waals surface area (Å²) in [5, 5.41) is 11.8. The van der Waals surface area contributed by atoms with Gasteiger partial charge in [0, 0.05) is 18.5 Å². The van der Waals surface area contributed by atoms with Crippen molar-refractivity contribution >= 4 is 28.4 Å². The third-order valence-corrected chi connectivity index (χ3v) is 4.80. The van der Waals surface area contributed by atoms with E-state index in [4.69, 9.17) is 4.42 Å². The van der Waals surface area contributed by atoms with Gasteiger partial charge in [0.25, 0.3) is 0 Å². The lowest BCUT2D eigenvalue weighted by Crippen LogP contribution is -2.41. The second-order valence-corrected chi connectivity index (χ2v) is 6.79. The van der Waals surface area contributed by atoms with Crippen molar-refractivity contribution < 1.29 is 9.21 Å². The molecule has 27 heavy (non-hydrogen) atoms. The van der Waals surface area contributed by atoms with Crippen LogP contribution < -0.4 is 15.8 Å². The first-order valence-corrected chi connectivity index (χ1v) is 8.99. The van der Waals surface area contributed by atoms with Crippen molar-refractivity contribution in [3.8, 4) is 0 Å². The number of nitrogens with one attached hydrogen (secondary N) is 1. The number of anilines is 2. The summed E-state index contributed by atoms with van der Waals surface area (Å²) in [7, 11) is 0. The highest BCUT2D eigenvalue weighted by atomic mass is 16.4. The second-order valence-electron chi connectivity index (χ2n) is 6.79. The first-order valence-electron chi connectivity index (χ1n) is 8.99. The number of carbonyl (C=O) groups is 1.